The second-order valence-electron chi connectivity index (χ2n) is 9.10. The van der Waals surface area contributed by atoms with Gasteiger partial charge < -0.3 is 20.5 Å². The van der Waals surface area contributed by atoms with Crippen LogP contribution in [0.3, 0.4) is 0 Å². The summed E-state index contributed by atoms with van der Waals surface area (Å²) >= 11 is 1.58. The van der Waals surface area contributed by atoms with E-state index in [1.807, 2.05) is 28.6 Å². The average molecular weight is 462 g/mol. The molecule has 4 heterocycles. The van der Waals surface area contributed by atoms with Gasteiger partial charge in [0.25, 0.3) is 5.91 Å². The SMILES string of the molecule is O=C1NCC2=C1[C@@H](c1cccc3cc[nH]c13)N(C(=O)CCc1nccs1)[C@@H]1CCCC[C@H]1N2. The highest BCUT2D eigenvalue weighted by Gasteiger charge is 2.46. The number of benzene rings is 1. The van der Waals surface area contributed by atoms with Gasteiger partial charge in [-0.3, -0.25) is 9.59 Å². The maximum absolute atomic E-state index is 14.0. The Morgan fingerprint density at radius 2 is 2.12 bits per heavy atom. The van der Waals surface area contributed by atoms with Gasteiger partial charge in [0.15, 0.2) is 0 Å². The summed E-state index contributed by atoms with van der Waals surface area (Å²) in [5, 5.41) is 10.7. The average Bonchev–Trinajstić information content (AvgIpc) is 3.57. The van der Waals surface area contributed by atoms with Gasteiger partial charge in [-0.1, -0.05) is 31.0 Å². The number of nitrogens with zero attached hydrogens (tertiary/aromatic N) is 2. The molecule has 0 bridgehead atoms. The number of aryl methyl sites for hydroxylation is 1. The summed E-state index contributed by atoms with van der Waals surface area (Å²) in [6, 6.07) is 7.97. The Morgan fingerprint density at radius 1 is 1.21 bits per heavy atom. The minimum absolute atomic E-state index is 0.0520. The monoisotopic (exact) mass is 461 g/mol. The smallest absolute Gasteiger partial charge is 0.251 e. The summed E-state index contributed by atoms with van der Waals surface area (Å²) in [5.74, 6) is 0.00772. The van der Waals surface area contributed by atoms with E-state index >= 15 is 0 Å². The lowest BCUT2D eigenvalue weighted by molar-refractivity contribution is -0.137. The Kier molecular flexibility index (Phi) is 5.17. The molecule has 3 atom stereocenters. The van der Waals surface area contributed by atoms with Crippen LogP contribution >= 0.6 is 11.3 Å². The zero-order chi connectivity index (χ0) is 22.4. The molecule has 3 aliphatic rings. The quantitative estimate of drug-likeness (QED) is 0.555. The van der Waals surface area contributed by atoms with Crippen molar-refractivity contribution in [1.29, 1.82) is 0 Å². The van der Waals surface area contributed by atoms with Crippen molar-refractivity contribution in [1.82, 2.24) is 25.5 Å². The van der Waals surface area contributed by atoms with Crippen molar-refractivity contribution < 1.29 is 9.59 Å². The van der Waals surface area contributed by atoms with Gasteiger partial charge in [-0.15, -0.1) is 11.3 Å². The molecule has 0 saturated heterocycles. The van der Waals surface area contributed by atoms with E-state index in [4.69, 9.17) is 0 Å². The maximum Gasteiger partial charge on any atom is 0.251 e. The lowest BCUT2D eigenvalue weighted by Crippen LogP contribution is -2.53. The fourth-order valence-corrected chi connectivity index (χ4v) is 6.39. The van der Waals surface area contributed by atoms with Crippen molar-refractivity contribution in [2.24, 2.45) is 0 Å². The Hall–Kier alpha value is -3.13. The van der Waals surface area contributed by atoms with Crippen LogP contribution in [0.5, 0.6) is 0 Å². The van der Waals surface area contributed by atoms with Crippen LogP contribution in [0.25, 0.3) is 10.9 Å². The van der Waals surface area contributed by atoms with Gasteiger partial charge >= 0.3 is 0 Å². The van der Waals surface area contributed by atoms with Gasteiger partial charge in [0.05, 0.1) is 34.7 Å². The van der Waals surface area contributed by atoms with Gasteiger partial charge in [-0.05, 0) is 24.3 Å². The van der Waals surface area contributed by atoms with Gasteiger partial charge in [0.1, 0.15) is 0 Å². The first-order valence-corrected chi connectivity index (χ1v) is 12.6. The molecule has 0 unspecified atom stereocenters. The first-order chi connectivity index (χ1) is 16.2. The molecule has 1 fully saturated rings. The summed E-state index contributed by atoms with van der Waals surface area (Å²) in [7, 11) is 0. The predicted octanol–water partition coefficient (Wildman–Crippen LogP) is 3.43. The van der Waals surface area contributed by atoms with Crippen molar-refractivity contribution in [3.63, 3.8) is 0 Å². The highest BCUT2D eigenvalue weighted by Crippen LogP contribution is 2.42. The van der Waals surface area contributed by atoms with Gasteiger partial charge in [0.2, 0.25) is 5.91 Å². The summed E-state index contributed by atoms with van der Waals surface area (Å²) in [6.45, 7) is 0.496. The topological polar surface area (TPSA) is 90.1 Å². The molecule has 8 heteroatoms. The number of fused-ring (bicyclic) bond motifs is 2. The number of carbonyl (C=O) groups excluding carboxylic acids is 2. The van der Waals surface area contributed by atoms with Gasteiger partial charge in [-0.2, -0.15) is 0 Å². The third-order valence-corrected chi connectivity index (χ3v) is 8.07. The van der Waals surface area contributed by atoms with Gasteiger partial charge in [-0.25, -0.2) is 4.98 Å². The summed E-state index contributed by atoms with van der Waals surface area (Å²) in [5.41, 5.74) is 3.61. The third-order valence-electron chi connectivity index (χ3n) is 7.23. The van der Waals surface area contributed by atoms with Crippen molar-refractivity contribution in [3.8, 4) is 0 Å². The molecule has 3 N–H and O–H groups in total. The number of aromatic nitrogens is 2. The van der Waals surface area contributed by atoms with E-state index in [0.717, 1.165) is 52.9 Å². The molecule has 0 radical (unpaired) electrons. The zero-order valence-electron chi connectivity index (χ0n) is 18.3. The van der Waals surface area contributed by atoms with Crippen molar-refractivity contribution in [3.05, 3.63) is 63.9 Å². The molecular weight excluding hydrogens is 434 g/mol. The lowest BCUT2D eigenvalue weighted by atomic mass is 9.86. The van der Waals surface area contributed by atoms with Crippen LogP contribution in [0.15, 0.2) is 53.3 Å². The molecule has 3 aromatic rings. The van der Waals surface area contributed by atoms with E-state index in [1.165, 1.54) is 0 Å². The third kappa shape index (κ3) is 3.53. The number of rotatable bonds is 4. The van der Waals surface area contributed by atoms with Crippen LogP contribution in [0.4, 0.5) is 0 Å². The number of carbonyl (C=O) groups is 2. The minimum Gasteiger partial charge on any atom is -0.382 e. The Labute approximate surface area is 196 Å². The molecule has 1 saturated carbocycles. The van der Waals surface area contributed by atoms with E-state index in [-0.39, 0.29) is 23.9 Å². The number of para-hydroxylation sites is 1. The van der Waals surface area contributed by atoms with Crippen LogP contribution < -0.4 is 10.6 Å². The van der Waals surface area contributed by atoms with E-state index < -0.39 is 6.04 Å². The zero-order valence-corrected chi connectivity index (χ0v) is 19.2. The number of hydrogen-bond donors (Lipinski definition) is 3. The van der Waals surface area contributed by atoms with Crippen LogP contribution in [0.1, 0.15) is 48.7 Å². The summed E-state index contributed by atoms with van der Waals surface area (Å²) in [6.07, 6.45) is 8.89. The Bertz CT molecular complexity index is 1230. The van der Waals surface area contributed by atoms with E-state index in [2.05, 4.69) is 32.7 Å². The number of H-pyrrole nitrogens is 1. The Morgan fingerprint density at radius 3 is 3.00 bits per heavy atom. The van der Waals surface area contributed by atoms with Crippen LogP contribution in [0.2, 0.25) is 0 Å². The van der Waals surface area contributed by atoms with Crippen molar-refractivity contribution in [2.75, 3.05) is 6.54 Å². The first-order valence-electron chi connectivity index (χ1n) is 11.7. The number of nitrogens with one attached hydrogen (secondary N) is 3. The number of amides is 2. The molecule has 2 aromatic heterocycles. The van der Waals surface area contributed by atoms with E-state index in [9.17, 15) is 9.59 Å². The maximum atomic E-state index is 14.0. The van der Waals surface area contributed by atoms with Crippen molar-refractivity contribution in [2.45, 2.75) is 56.7 Å². The molecule has 0 spiro atoms. The fraction of sp³-hybridized carbons (Fsp3) is 0.400. The van der Waals surface area contributed by atoms with Crippen LogP contribution in [0, 0.1) is 0 Å². The highest BCUT2D eigenvalue weighted by molar-refractivity contribution is 7.09. The molecular formula is C25H27N5O2S. The molecule has 1 aliphatic carbocycles. The largest absolute Gasteiger partial charge is 0.382 e. The van der Waals surface area contributed by atoms with Crippen LogP contribution in [-0.4, -0.2) is 45.3 Å². The molecule has 2 amide bonds. The molecule has 170 valence electrons. The fourth-order valence-electron chi connectivity index (χ4n) is 5.77. The number of aromatic amines is 1. The molecule has 1 aromatic carbocycles. The van der Waals surface area contributed by atoms with Crippen molar-refractivity contribution >= 4 is 34.1 Å². The summed E-state index contributed by atoms with van der Waals surface area (Å²) in [4.78, 5) is 36.9. The second kappa shape index (κ2) is 8.33. The summed E-state index contributed by atoms with van der Waals surface area (Å²) < 4.78 is 0. The van der Waals surface area contributed by atoms with Gasteiger partial charge in [0, 0.05) is 47.9 Å². The first kappa shape index (κ1) is 20.5. The van der Waals surface area contributed by atoms with E-state index in [0.29, 0.717) is 25.0 Å². The normalized spacial score (nSPS) is 24.8. The Balaban J connectivity index is 1.49. The molecule has 6 rings (SSSR count). The molecule has 2 aliphatic heterocycles. The number of hydrogen-bond acceptors (Lipinski definition) is 5. The second-order valence-corrected chi connectivity index (χ2v) is 10.1. The van der Waals surface area contributed by atoms with Crippen LogP contribution in [-0.2, 0) is 16.0 Å². The predicted molar refractivity (Wildman–Crippen MR) is 128 cm³/mol. The minimum atomic E-state index is -0.422. The van der Waals surface area contributed by atoms with E-state index in [1.54, 1.807) is 17.5 Å². The standard InChI is InChI=1S/C25H27N5O2S/c31-21(9-8-20-26-12-13-33-20)30-19-7-2-1-6-17(19)29-18-14-28-25(32)22(18)24(30)16-5-3-4-15-10-11-27-23(15)16/h3-5,10-13,17,19,24,27,29H,1-2,6-9,14H2,(H,28,32)/t17-,19-,24-/m1/s1. The lowest BCUT2D eigenvalue weighted by Gasteiger charge is -2.43. The highest BCUT2D eigenvalue weighted by atomic mass is 32.1. The number of thiazole rings is 1. The molecule has 33 heavy (non-hydrogen) atoms. The molecule has 7 nitrogen and oxygen atoms in total.